The number of hydrogen-bond donors (Lipinski definition) is 0. The maximum atomic E-state index is 13.7. The molecule has 0 radical (unpaired) electrons. The summed E-state index contributed by atoms with van der Waals surface area (Å²) in [5.74, 6) is 0.0197. The zero-order chi connectivity index (χ0) is 13.0. The quantitative estimate of drug-likeness (QED) is 0.839. The first-order valence-corrected chi connectivity index (χ1v) is 5.64. The van der Waals surface area contributed by atoms with Gasteiger partial charge in [0.2, 0.25) is 0 Å². The van der Waals surface area contributed by atoms with Crippen LogP contribution in [0.5, 0.6) is 5.75 Å². The second-order valence-electron chi connectivity index (χ2n) is 3.64. The Kier molecular flexibility index (Phi) is 3.81. The Hall–Kier alpha value is -2.05. The van der Waals surface area contributed by atoms with Gasteiger partial charge in [0, 0.05) is 10.6 Å². The van der Waals surface area contributed by atoms with Crippen LogP contribution in [-0.4, -0.2) is 0 Å². The van der Waals surface area contributed by atoms with Crippen molar-refractivity contribution in [1.82, 2.24) is 0 Å². The van der Waals surface area contributed by atoms with Crippen molar-refractivity contribution in [1.29, 1.82) is 5.26 Å². The van der Waals surface area contributed by atoms with Crippen LogP contribution in [0.1, 0.15) is 11.1 Å². The second kappa shape index (κ2) is 5.52. The van der Waals surface area contributed by atoms with Gasteiger partial charge in [0.05, 0.1) is 5.56 Å². The summed E-state index contributed by atoms with van der Waals surface area (Å²) in [6, 6.07) is 13.3. The van der Waals surface area contributed by atoms with Gasteiger partial charge in [0.25, 0.3) is 0 Å². The molecule has 18 heavy (non-hydrogen) atoms. The average Bonchev–Trinajstić information content (AvgIpc) is 2.38. The molecule has 90 valence electrons. The molecule has 2 nitrogen and oxygen atoms in total. The van der Waals surface area contributed by atoms with Crippen LogP contribution in [0.25, 0.3) is 0 Å². The molecule has 0 atom stereocenters. The summed E-state index contributed by atoms with van der Waals surface area (Å²) in [6.45, 7) is 0.0572. The second-order valence-corrected chi connectivity index (χ2v) is 4.07. The topological polar surface area (TPSA) is 33.0 Å². The molecule has 0 bridgehead atoms. The SMILES string of the molecule is N#Cc1cccc(COc2cccc(Cl)c2)c1F. The maximum absolute atomic E-state index is 13.7. The molecule has 2 rings (SSSR count). The lowest BCUT2D eigenvalue weighted by Gasteiger charge is -2.07. The van der Waals surface area contributed by atoms with E-state index >= 15 is 0 Å². The van der Waals surface area contributed by atoms with Crippen LogP contribution in [0.2, 0.25) is 5.02 Å². The molecule has 0 saturated heterocycles. The first-order chi connectivity index (χ1) is 8.70. The largest absolute Gasteiger partial charge is 0.489 e. The third kappa shape index (κ3) is 2.79. The highest BCUT2D eigenvalue weighted by Gasteiger charge is 2.08. The molecular formula is C14H9ClFNO. The number of benzene rings is 2. The lowest BCUT2D eigenvalue weighted by molar-refractivity contribution is 0.300. The molecule has 0 spiro atoms. The molecule has 0 N–H and O–H groups in total. The summed E-state index contributed by atoms with van der Waals surface area (Å²) in [5, 5.41) is 9.27. The van der Waals surface area contributed by atoms with Crippen molar-refractivity contribution in [3.8, 4) is 11.8 Å². The minimum Gasteiger partial charge on any atom is -0.489 e. The van der Waals surface area contributed by atoms with E-state index in [1.54, 1.807) is 42.5 Å². The van der Waals surface area contributed by atoms with E-state index in [0.29, 0.717) is 16.3 Å². The van der Waals surface area contributed by atoms with Crippen LogP contribution in [0.15, 0.2) is 42.5 Å². The van der Waals surface area contributed by atoms with Gasteiger partial charge in [-0.1, -0.05) is 29.8 Å². The summed E-state index contributed by atoms with van der Waals surface area (Å²) in [4.78, 5) is 0. The lowest BCUT2D eigenvalue weighted by atomic mass is 10.1. The van der Waals surface area contributed by atoms with E-state index in [0.717, 1.165) is 0 Å². The van der Waals surface area contributed by atoms with Gasteiger partial charge < -0.3 is 4.74 Å². The van der Waals surface area contributed by atoms with Crippen LogP contribution < -0.4 is 4.74 Å². The number of nitrogens with zero attached hydrogens (tertiary/aromatic N) is 1. The molecule has 2 aromatic carbocycles. The summed E-state index contributed by atoms with van der Waals surface area (Å²) >= 11 is 5.81. The van der Waals surface area contributed by atoms with Crippen molar-refractivity contribution >= 4 is 11.6 Å². The number of halogens is 2. The lowest BCUT2D eigenvalue weighted by Crippen LogP contribution is -2.00. The Bertz CT molecular complexity index is 607. The van der Waals surface area contributed by atoms with Crippen LogP contribution in [0.3, 0.4) is 0 Å². The normalized spacial score (nSPS) is 9.83. The molecule has 0 amide bonds. The first-order valence-electron chi connectivity index (χ1n) is 5.26. The molecule has 0 fully saturated rings. The molecule has 4 heteroatoms. The average molecular weight is 262 g/mol. The van der Waals surface area contributed by atoms with Crippen LogP contribution in [0.4, 0.5) is 4.39 Å². The number of ether oxygens (including phenoxy) is 1. The van der Waals surface area contributed by atoms with Crippen molar-refractivity contribution in [3.05, 3.63) is 64.4 Å². The van der Waals surface area contributed by atoms with E-state index < -0.39 is 5.82 Å². The third-order valence-corrected chi connectivity index (χ3v) is 2.62. The first kappa shape index (κ1) is 12.4. The fourth-order valence-corrected chi connectivity index (χ4v) is 1.68. The molecular weight excluding hydrogens is 253 g/mol. The summed E-state index contributed by atoms with van der Waals surface area (Å²) in [5.41, 5.74) is 0.358. The Balaban J connectivity index is 2.14. The zero-order valence-electron chi connectivity index (χ0n) is 9.36. The molecule has 0 saturated carbocycles. The fourth-order valence-electron chi connectivity index (χ4n) is 1.50. The number of nitriles is 1. The predicted molar refractivity (Wildman–Crippen MR) is 66.9 cm³/mol. The minimum atomic E-state index is -0.540. The monoisotopic (exact) mass is 261 g/mol. The van der Waals surface area contributed by atoms with Gasteiger partial charge in [-0.25, -0.2) is 4.39 Å². The zero-order valence-corrected chi connectivity index (χ0v) is 10.1. The van der Waals surface area contributed by atoms with Gasteiger partial charge in [-0.15, -0.1) is 0 Å². The molecule has 0 unspecified atom stereocenters. The van der Waals surface area contributed by atoms with Crippen LogP contribution in [-0.2, 0) is 6.61 Å². The standard InChI is InChI=1S/C14H9ClFNO/c15-12-5-2-6-13(7-12)18-9-11-4-1-3-10(8-17)14(11)16/h1-7H,9H2. The van der Waals surface area contributed by atoms with Gasteiger partial charge in [-0.05, 0) is 24.3 Å². The third-order valence-electron chi connectivity index (χ3n) is 2.39. The summed E-state index contributed by atoms with van der Waals surface area (Å²) < 4.78 is 19.1. The van der Waals surface area contributed by atoms with Gasteiger partial charge >= 0.3 is 0 Å². The van der Waals surface area contributed by atoms with Crippen LogP contribution >= 0.6 is 11.6 Å². The molecule has 0 aliphatic rings. The highest BCUT2D eigenvalue weighted by atomic mass is 35.5. The Morgan fingerprint density at radius 1 is 1.22 bits per heavy atom. The van der Waals surface area contributed by atoms with Crippen molar-refractivity contribution < 1.29 is 9.13 Å². The smallest absolute Gasteiger partial charge is 0.147 e. The van der Waals surface area contributed by atoms with E-state index in [-0.39, 0.29) is 12.2 Å². The van der Waals surface area contributed by atoms with Crippen molar-refractivity contribution in [2.45, 2.75) is 6.61 Å². The van der Waals surface area contributed by atoms with Crippen molar-refractivity contribution in [2.75, 3.05) is 0 Å². The van der Waals surface area contributed by atoms with E-state index in [1.807, 2.05) is 0 Å². The molecule has 0 aliphatic heterocycles. The van der Waals surface area contributed by atoms with Gasteiger partial charge in [0.1, 0.15) is 24.2 Å². The van der Waals surface area contributed by atoms with Crippen molar-refractivity contribution in [3.63, 3.8) is 0 Å². The molecule has 0 heterocycles. The van der Waals surface area contributed by atoms with Crippen molar-refractivity contribution in [2.24, 2.45) is 0 Å². The highest BCUT2D eigenvalue weighted by molar-refractivity contribution is 6.30. The highest BCUT2D eigenvalue weighted by Crippen LogP contribution is 2.19. The predicted octanol–water partition coefficient (Wildman–Crippen LogP) is 3.93. The minimum absolute atomic E-state index is 0.0159. The molecule has 0 aliphatic carbocycles. The van der Waals surface area contributed by atoms with Gasteiger partial charge in [-0.2, -0.15) is 5.26 Å². The maximum Gasteiger partial charge on any atom is 0.147 e. The van der Waals surface area contributed by atoms with Gasteiger partial charge in [-0.3, -0.25) is 0 Å². The van der Waals surface area contributed by atoms with Crippen LogP contribution in [0, 0.1) is 17.1 Å². The molecule has 2 aromatic rings. The Morgan fingerprint density at radius 3 is 2.72 bits per heavy atom. The van der Waals surface area contributed by atoms with E-state index in [2.05, 4.69) is 0 Å². The van der Waals surface area contributed by atoms with E-state index in [4.69, 9.17) is 21.6 Å². The van der Waals surface area contributed by atoms with E-state index in [1.165, 1.54) is 6.07 Å². The Morgan fingerprint density at radius 2 is 2.00 bits per heavy atom. The fraction of sp³-hybridized carbons (Fsp3) is 0.0714. The summed E-state index contributed by atoms with van der Waals surface area (Å²) in [6.07, 6.45) is 0. The Labute approximate surface area is 109 Å². The summed E-state index contributed by atoms with van der Waals surface area (Å²) in [7, 11) is 0. The van der Waals surface area contributed by atoms with Gasteiger partial charge in [0.15, 0.2) is 0 Å². The van der Waals surface area contributed by atoms with E-state index in [9.17, 15) is 4.39 Å². The molecule has 0 aromatic heterocycles. The number of rotatable bonds is 3. The number of hydrogen-bond acceptors (Lipinski definition) is 2.